The lowest BCUT2D eigenvalue weighted by Crippen LogP contribution is -2.28. The molecule has 3 unspecified atom stereocenters. The van der Waals surface area contributed by atoms with Gasteiger partial charge in [-0.3, -0.25) is 0 Å². The monoisotopic (exact) mass is 233 g/mol. The van der Waals surface area contributed by atoms with Crippen LogP contribution in [0.3, 0.4) is 0 Å². The molecule has 1 aliphatic carbocycles. The van der Waals surface area contributed by atoms with Crippen molar-refractivity contribution in [1.29, 1.82) is 0 Å². The molecule has 0 aliphatic heterocycles. The van der Waals surface area contributed by atoms with Gasteiger partial charge >= 0.3 is 0 Å². The smallest absolute Gasteiger partial charge is 0.0543 e. The normalized spacial score (nSPS) is 21.5. The first-order chi connectivity index (χ1) is 8.20. The average molecular weight is 233 g/mol. The molecule has 0 heterocycles. The van der Waals surface area contributed by atoms with Crippen LogP contribution in [0.4, 0.5) is 0 Å². The van der Waals surface area contributed by atoms with E-state index in [0.717, 1.165) is 19.3 Å². The second kappa shape index (κ2) is 5.65. The molecule has 1 aromatic carbocycles. The van der Waals surface area contributed by atoms with Crippen molar-refractivity contribution in [2.45, 2.75) is 50.7 Å². The summed E-state index contributed by atoms with van der Waals surface area (Å²) in [5, 5.41) is 0. The lowest BCUT2D eigenvalue weighted by atomic mass is 9.74. The quantitative estimate of drug-likeness (QED) is 0.820. The maximum absolute atomic E-state index is 6.19. The molecule has 2 heteroatoms. The van der Waals surface area contributed by atoms with Gasteiger partial charge in [0.15, 0.2) is 0 Å². The van der Waals surface area contributed by atoms with Crippen molar-refractivity contribution in [3.8, 4) is 0 Å². The van der Waals surface area contributed by atoms with Gasteiger partial charge in [-0.15, -0.1) is 0 Å². The second-order valence-corrected chi connectivity index (χ2v) is 5.22. The zero-order valence-electron chi connectivity index (χ0n) is 10.9. The molecule has 2 rings (SSSR count). The summed E-state index contributed by atoms with van der Waals surface area (Å²) in [4.78, 5) is 0. The van der Waals surface area contributed by atoms with Gasteiger partial charge in [0, 0.05) is 13.2 Å². The maximum Gasteiger partial charge on any atom is 0.0543 e. The van der Waals surface area contributed by atoms with E-state index in [2.05, 4.69) is 31.2 Å². The van der Waals surface area contributed by atoms with E-state index in [1.165, 1.54) is 17.5 Å². The fraction of sp³-hybridized carbons (Fsp3) is 0.600. The van der Waals surface area contributed by atoms with Gasteiger partial charge in [0.05, 0.1) is 6.10 Å². The molecule has 0 amide bonds. The molecule has 94 valence electrons. The highest BCUT2D eigenvalue weighted by atomic mass is 16.5. The standard InChI is InChI=1S/C15H23NO/c1-11(17-2)7-8-14(16)10-13-9-12-5-3-4-6-15(12)13/h3-6,11,13-14H,7-10,16H2,1-2H3. The van der Waals surface area contributed by atoms with Gasteiger partial charge < -0.3 is 10.5 Å². The van der Waals surface area contributed by atoms with Gasteiger partial charge in [0.2, 0.25) is 0 Å². The van der Waals surface area contributed by atoms with Gasteiger partial charge in [-0.2, -0.15) is 0 Å². The van der Waals surface area contributed by atoms with Crippen LogP contribution in [-0.2, 0) is 11.2 Å². The van der Waals surface area contributed by atoms with Crippen molar-refractivity contribution >= 4 is 0 Å². The van der Waals surface area contributed by atoms with Crippen molar-refractivity contribution in [1.82, 2.24) is 0 Å². The Bertz CT molecular complexity index is 364. The lowest BCUT2D eigenvalue weighted by molar-refractivity contribution is 0.106. The van der Waals surface area contributed by atoms with E-state index < -0.39 is 0 Å². The summed E-state index contributed by atoms with van der Waals surface area (Å²) >= 11 is 0. The molecule has 1 aliphatic rings. The number of rotatable bonds is 6. The van der Waals surface area contributed by atoms with Crippen LogP contribution in [-0.4, -0.2) is 19.3 Å². The molecular weight excluding hydrogens is 210 g/mol. The zero-order chi connectivity index (χ0) is 12.3. The third-order valence-corrected chi connectivity index (χ3v) is 3.89. The molecular formula is C15H23NO. The first-order valence-electron chi connectivity index (χ1n) is 6.57. The number of hydrogen-bond acceptors (Lipinski definition) is 2. The summed E-state index contributed by atoms with van der Waals surface area (Å²) < 4.78 is 5.25. The third-order valence-electron chi connectivity index (χ3n) is 3.89. The van der Waals surface area contributed by atoms with E-state index in [-0.39, 0.29) is 0 Å². The van der Waals surface area contributed by atoms with E-state index in [0.29, 0.717) is 18.1 Å². The molecule has 0 spiro atoms. The minimum Gasteiger partial charge on any atom is -0.382 e. The molecule has 0 aromatic heterocycles. The summed E-state index contributed by atoms with van der Waals surface area (Å²) in [6, 6.07) is 9.03. The molecule has 0 fully saturated rings. The Balaban J connectivity index is 1.76. The Morgan fingerprint density at radius 1 is 1.35 bits per heavy atom. The maximum atomic E-state index is 6.19. The largest absolute Gasteiger partial charge is 0.382 e. The number of ether oxygens (including phenoxy) is 1. The summed E-state index contributed by atoms with van der Waals surface area (Å²) in [6.07, 6.45) is 4.78. The van der Waals surface area contributed by atoms with Crippen molar-refractivity contribution in [2.24, 2.45) is 5.73 Å². The second-order valence-electron chi connectivity index (χ2n) is 5.22. The van der Waals surface area contributed by atoms with Gasteiger partial charge in [-0.25, -0.2) is 0 Å². The van der Waals surface area contributed by atoms with Crippen LogP contribution in [0.15, 0.2) is 24.3 Å². The predicted octanol–water partition coefficient (Wildman–Crippen LogP) is 2.86. The van der Waals surface area contributed by atoms with Crippen LogP contribution in [0, 0.1) is 0 Å². The molecule has 0 radical (unpaired) electrons. The number of methoxy groups -OCH3 is 1. The van der Waals surface area contributed by atoms with E-state index in [1.54, 1.807) is 7.11 Å². The third kappa shape index (κ3) is 3.08. The average Bonchev–Trinajstić information content (AvgIpc) is 2.33. The molecule has 0 saturated heterocycles. The van der Waals surface area contributed by atoms with E-state index in [1.807, 2.05) is 0 Å². The molecule has 0 bridgehead atoms. The van der Waals surface area contributed by atoms with Crippen molar-refractivity contribution in [3.63, 3.8) is 0 Å². The van der Waals surface area contributed by atoms with Crippen molar-refractivity contribution < 1.29 is 4.74 Å². The molecule has 0 saturated carbocycles. The fourth-order valence-corrected chi connectivity index (χ4v) is 2.62. The van der Waals surface area contributed by atoms with E-state index >= 15 is 0 Å². The Kier molecular flexibility index (Phi) is 4.19. The molecule has 2 N–H and O–H groups in total. The summed E-state index contributed by atoms with van der Waals surface area (Å²) in [5.74, 6) is 0.694. The first-order valence-corrected chi connectivity index (χ1v) is 6.57. The SMILES string of the molecule is COC(C)CCC(N)CC1Cc2ccccc21. The minimum atomic E-state index is 0.311. The van der Waals surface area contributed by atoms with Crippen molar-refractivity contribution in [2.75, 3.05) is 7.11 Å². The van der Waals surface area contributed by atoms with Crippen LogP contribution in [0.1, 0.15) is 43.2 Å². The van der Waals surface area contributed by atoms with Crippen LogP contribution in [0.25, 0.3) is 0 Å². The van der Waals surface area contributed by atoms with Crippen molar-refractivity contribution in [3.05, 3.63) is 35.4 Å². The highest BCUT2D eigenvalue weighted by molar-refractivity contribution is 5.39. The van der Waals surface area contributed by atoms with Crippen LogP contribution in [0.2, 0.25) is 0 Å². The summed E-state index contributed by atoms with van der Waals surface area (Å²) in [5.41, 5.74) is 9.21. The zero-order valence-corrected chi connectivity index (χ0v) is 10.9. The minimum absolute atomic E-state index is 0.311. The van der Waals surface area contributed by atoms with Crippen LogP contribution < -0.4 is 5.73 Å². The highest BCUT2D eigenvalue weighted by Gasteiger charge is 2.26. The molecule has 3 atom stereocenters. The number of hydrogen-bond donors (Lipinski definition) is 1. The Morgan fingerprint density at radius 3 is 2.82 bits per heavy atom. The summed E-state index contributed by atoms with van der Waals surface area (Å²) in [6.45, 7) is 2.10. The van der Waals surface area contributed by atoms with E-state index in [4.69, 9.17) is 10.5 Å². The number of nitrogens with two attached hydrogens (primary N) is 1. The van der Waals surface area contributed by atoms with Gasteiger partial charge in [0.1, 0.15) is 0 Å². The molecule has 1 aromatic rings. The summed E-state index contributed by atoms with van der Waals surface area (Å²) in [7, 11) is 1.76. The number of fused-ring (bicyclic) bond motifs is 1. The predicted molar refractivity (Wildman–Crippen MR) is 71.2 cm³/mol. The fourth-order valence-electron chi connectivity index (χ4n) is 2.62. The topological polar surface area (TPSA) is 35.2 Å². The highest BCUT2D eigenvalue weighted by Crippen LogP contribution is 2.38. The van der Waals surface area contributed by atoms with E-state index in [9.17, 15) is 0 Å². The Hall–Kier alpha value is -0.860. The number of benzene rings is 1. The van der Waals surface area contributed by atoms with Gasteiger partial charge in [-0.1, -0.05) is 24.3 Å². The molecule has 17 heavy (non-hydrogen) atoms. The molecule has 2 nitrogen and oxygen atoms in total. The van der Waals surface area contributed by atoms with Gasteiger partial charge in [0.25, 0.3) is 0 Å². The Morgan fingerprint density at radius 2 is 2.12 bits per heavy atom. The lowest BCUT2D eigenvalue weighted by Gasteiger charge is -2.32. The Labute approximate surface area is 104 Å². The van der Waals surface area contributed by atoms with Crippen LogP contribution in [0.5, 0.6) is 0 Å². The van der Waals surface area contributed by atoms with Gasteiger partial charge in [-0.05, 0) is 49.7 Å². The first kappa shape index (κ1) is 12.6. The van der Waals surface area contributed by atoms with Crippen LogP contribution >= 0.6 is 0 Å².